The van der Waals surface area contributed by atoms with Crippen molar-refractivity contribution >= 4 is 18.3 Å². The molecule has 1 aromatic carbocycles. The molecule has 1 aliphatic carbocycles. The van der Waals surface area contributed by atoms with Gasteiger partial charge in [-0.15, -0.1) is 12.4 Å². The van der Waals surface area contributed by atoms with Gasteiger partial charge in [-0.2, -0.15) is 5.10 Å². The van der Waals surface area contributed by atoms with Gasteiger partial charge >= 0.3 is 0 Å². The van der Waals surface area contributed by atoms with Crippen LogP contribution in [0, 0.1) is 13.8 Å². The zero-order valence-electron chi connectivity index (χ0n) is 14.9. The SMILES string of the molecule is Cc1cc(C)n(Cc2cccc(C(=O)NC3(CN)CCCC3)c2)n1.Cl. The number of hydrogen-bond donors (Lipinski definition) is 2. The normalized spacial score (nSPS) is 15.6. The van der Waals surface area contributed by atoms with Crippen LogP contribution in [-0.2, 0) is 6.54 Å². The van der Waals surface area contributed by atoms with Gasteiger partial charge in [0.2, 0.25) is 0 Å². The summed E-state index contributed by atoms with van der Waals surface area (Å²) < 4.78 is 1.96. The summed E-state index contributed by atoms with van der Waals surface area (Å²) in [6, 6.07) is 9.83. The fraction of sp³-hybridized carbons (Fsp3) is 0.474. The van der Waals surface area contributed by atoms with Gasteiger partial charge in [0.1, 0.15) is 0 Å². The van der Waals surface area contributed by atoms with Crippen LogP contribution in [0.3, 0.4) is 0 Å². The number of hydrogen-bond acceptors (Lipinski definition) is 3. The first kappa shape index (κ1) is 19.5. The number of benzene rings is 1. The van der Waals surface area contributed by atoms with E-state index in [2.05, 4.69) is 16.5 Å². The fourth-order valence-electron chi connectivity index (χ4n) is 3.56. The van der Waals surface area contributed by atoms with E-state index in [0.29, 0.717) is 18.7 Å². The number of halogens is 1. The van der Waals surface area contributed by atoms with E-state index in [-0.39, 0.29) is 23.9 Å². The Kier molecular flexibility index (Phi) is 6.25. The first-order valence-corrected chi connectivity index (χ1v) is 8.64. The third-order valence-corrected chi connectivity index (χ3v) is 4.95. The molecule has 0 unspecified atom stereocenters. The number of nitrogens with zero attached hydrogens (tertiary/aromatic N) is 2. The summed E-state index contributed by atoms with van der Waals surface area (Å²) in [7, 11) is 0. The Bertz CT molecular complexity index is 735. The van der Waals surface area contributed by atoms with Crippen molar-refractivity contribution in [1.29, 1.82) is 0 Å². The van der Waals surface area contributed by atoms with E-state index in [4.69, 9.17) is 5.73 Å². The second-order valence-electron chi connectivity index (χ2n) is 6.93. The lowest BCUT2D eigenvalue weighted by Crippen LogP contribution is -2.51. The zero-order valence-corrected chi connectivity index (χ0v) is 15.7. The molecule has 1 heterocycles. The predicted octanol–water partition coefficient (Wildman–Crippen LogP) is 2.97. The van der Waals surface area contributed by atoms with Crippen LogP contribution in [-0.4, -0.2) is 27.8 Å². The van der Waals surface area contributed by atoms with Crippen molar-refractivity contribution < 1.29 is 4.79 Å². The maximum absolute atomic E-state index is 12.7. The smallest absolute Gasteiger partial charge is 0.251 e. The summed E-state index contributed by atoms with van der Waals surface area (Å²) in [6.07, 6.45) is 4.21. The number of carbonyl (C=O) groups is 1. The Hall–Kier alpha value is -1.85. The van der Waals surface area contributed by atoms with Gasteiger partial charge in [0.25, 0.3) is 5.91 Å². The molecule has 1 aromatic heterocycles. The van der Waals surface area contributed by atoms with Gasteiger partial charge < -0.3 is 11.1 Å². The summed E-state index contributed by atoms with van der Waals surface area (Å²) in [6.45, 7) is 5.20. The summed E-state index contributed by atoms with van der Waals surface area (Å²) in [5.74, 6) is -0.0300. The van der Waals surface area contributed by atoms with E-state index >= 15 is 0 Å². The minimum atomic E-state index is -0.219. The van der Waals surface area contributed by atoms with Gasteiger partial charge in [-0.25, -0.2) is 0 Å². The minimum Gasteiger partial charge on any atom is -0.345 e. The van der Waals surface area contributed by atoms with Crippen LogP contribution in [0.25, 0.3) is 0 Å². The molecular weight excluding hydrogens is 336 g/mol. The molecule has 1 amide bonds. The number of rotatable bonds is 5. The van der Waals surface area contributed by atoms with Crippen LogP contribution < -0.4 is 11.1 Å². The molecule has 6 heteroatoms. The number of aryl methyl sites for hydroxylation is 2. The second-order valence-corrected chi connectivity index (χ2v) is 6.93. The maximum Gasteiger partial charge on any atom is 0.251 e. The molecule has 3 rings (SSSR count). The monoisotopic (exact) mass is 362 g/mol. The van der Waals surface area contributed by atoms with E-state index in [1.807, 2.05) is 42.8 Å². The highest BCUT2D eigenvalue weighted by atomic mass is 35.5. The first-order chi connectivity index (χ1) is 11.5. The van der Waals surface area contributed by atoms with Crippen LogP contribution in [0.2, 0.25) is 0 Å². The summed E-state index contributed by atoms with van der Waals surface area (Å²) in [5.41, 5.74) is 9.59. The fourth-order valence-corrected chi connectivity index (χ4v) is 3.56. The van der Waals surface area contributed by atoms with Gasteiger partial charge in [-0.1, -0.05) is 25.0 Å². The van der Waals surface area contributed by atoms with Gasteiger partial charge in [0.15, 0.2) is 0 Å². The van der Waals surface area contributed by atoms with E-state index in [1.165, 1.54) is 0 Å². The maximum atomic E-state index is 12.7. The van der Waals surface area contributed by atoms with Crippen LogP contribution in [0.15, 0.2) is 30.3 Å². The van der Waals surface area contributed by atoms with Crippen molar-refractivity contribution in [3.63, 3.8) is 0 Å². The van der Waals surface area contributed by atoms with E-state index in [1.54, 1.807) is 0 Å². The quantitative estimate of drug-likeness (QED) is 0.858. The van der Waals surface area contributed by atoms with Crippen LogP contribution in [0.4, 0.5) is 0 Å². The van der Waals surface area contributed by atoms with E-state index < -0.39 is 0 Å². The van der Waals surface area contributed by atoms with Crippen molar-refractivity contribution in [2.45, 2.75) is 51.6 Å². The molecule has 0 saturated heterocycles. The highest BCUT2D eigenvalue weighted by molar-refractivity contribution is 5.94. The van der Waals surface area contributed by atoms with Crippen LogP contribution >= 0.6 is 12.4 Å². The first-order valence-electron chi connectivity index (χ1n) is 8.64. The van der Waals surface area contributed by atoms with E-state index in [9.17, 15) is 4.79 Å². The average Bonchev–Trinajstić information content (AvgIpc) is 3.15. The van der Waals surface area contributed by atoms with Crippen molar-refractivity contribution in [2.24, 2.45) is 5.73 Å². The second kappa shape index (κ2) is 8.02. The molecule has 0 bridgehead atoms. The van der Waals surface area contributed by atoms with Crippen LogP contribution in [0.1, 0.15) is 53.0 Å². The molecular formula is C19H27ClN4O. The number of nitrogens with one attached hydrogen (secondary N) is 1. The lowest BCUT2D eigenvalue weighted by molar-refractivity contribution is 0.0903. The average molecular weight is 363 g/mol. The molecule has 0 spiro atoms. The molecule has 5 nitrogen and oxygen atoms in total. The Morgan fingerprint density at radius 3 is 2.60 bits per heavy atom. The Morgan fingerprint density at radius 2 is 2.00 bits per heavy atom. The minimum absolute atomic E-state index is 0. The molecule has 0 atom stereocenters. The van der Waals surface area contributed by atoms with Crippen LogP contribution in [0.5, 0.6) is 0 Å². The molecule has 25 heavy (non-hydrogen) atoms. The number of nitrogens with two attached hydrogens (primary N) is 1. The third-order valence-electron chi connectivity index (χ3n) is 4.95. The van der Waals surface area contributed by atoms with Crippen molar-refractivity contribution in [1.82, 2.24) is 15.1 Å². The highest BCUT2D eigenvalue weighted by Crippen LogP contribution is 2.29. The number of aromatic nitrogens is 2. The molecule has 2 aromatic rings. The Morgan fingerprint density at radius 1 is 1.28 bits per heavy atom. The summed E-state index contributed by atoms with van der Waals surface area (Å²) >= 11 is 0. The third kappa shape index (κ3) is 4.41. The lowest BCUT2D eigenvalue weighted by atomic mass is 9.97. The Balaban J connectivity index is 0.00000225. The van der Waals surface area contributed by atoms with Gasteiger partial charge in [0.05, 0.1) is 17.8 Å². The zero-order chi connectivity index (χ0) is 17.2. The number of carbonyl (C=O) groups excluding carboxylic acids is 1. The lowest BCUT2D eigenvalue weighted by Gasteiger charge is -2.28. The summed E-state index contributed by atoms with van der Waals surface area (Å²) in [5, 5.41) is 7.67. The molecule has 136 valence electrons. The topological polar surface area (TPSA) is 72.9 Å². The largest absolute Gasteiger partial charge is 0.345 e. The molecule has 1 aliphatic rings. The van der Waals surface area contributed by atoms with Crippen molar-refractivity contribution in [3.8, 4) is 0 Å². The highest BCUT2D eigenvalue weighted by Gasteiger charge is 2.34. The molecule has 1 saturated carbocycles. The van der Waals surface area contributed by atoms with Crippen molar-refractivity contribution in [2.75, 3.05) is 6.54 Å². The summed E-state index contributed by atoms with van der Waals surface area (Å²) in [4.78, 5) is 12.7. The predicted molar refractivity (Wildman–Crippen MR) is 102 cm³/mol. The van der Waals surface area contributed by atoms with Gasteiger partial charge in [0, 0.05) is 17.8 Å². The van der Waals surface area contributed by atoms with E-state index in [0.717, 1.165) is 42.6 Å². The molecule has 0 aliphatic heterocycles. The molecule has 3 N–H and O–H groups in total. The number of amides is 1. The standard InChI is InChI=1S/C19H26N4O.ClH/c1-14-10-15(2)23(22-14)12-16-6-5-7-17(11-16)18(24)21-19(13-20)8-3-4-9-19;/h5-7,10-11H,3-4,8-9,12-13,20H2,1-2H3,(H,21,24);1H. The van der Waals surface area contributed by atoms with Gasteiger partial charge in [-0.05, 0) is 50.5 Å². The molecule has 0 radical (unpaired) electrons. The van der Waals surface area contributed by atoms with Crippen molar-refractivity contribution in [3.05, 3.63) is 52.8 Å². The Labute approximate surface area is 155 Å². The molecule has 1 fully saturated rings. The van der Waals surface area contributed by atoms with Gasteiger partial charge in [-0.3, -0.25) is 9.48 Å².